The van der Waals surface area contributed by atoms with Crippen LogP contribution in [0.4, 0.5) is 0 Å². The van der Waals surface area contributed by atoms with Crippen molar-refractivity contribution < 1.29 is 32.7 Å². The van der Waals surface area contributed by atoms with E-state index in [2.05, 4.69) is 153 Å². The van der Waals surface area contributed by atoms with E-state index in [0.29, 0.717) is 0 Å². The maximum Gasteiger partial charge on any atom is 0 e. The number of hydrogen-bond acceptors (Lipinski definition) is 1. The van der Waals surface area contributed by atoms with Crippen LogP contribution in [-0.2, 0) is 32.7 Å². The van der Waals surface area contributed by atoms with Crippen LogP contribution >= 0.6 is 0 Å². The minimum atomic E-state index is -1.46. The SMILES string of the molecule is CN(C)CC[N-]C([N-][Si](C)(C)C)c1ccccc1.C[Si](C)(C)[CH-][Si](C)(C)C.C[Si](C)(C)[CH-][Si](C)(C)C.[Y]. The van der Waals surface area contributed by atoms with Crippen molar-refractivity contribution in [3.63, 3.8) is 0 Å². The molecule has 0 fully saturated rings. The molecule has 0 aromatic heterocycles. The summed E-state index contributed by atoms with van der Waals surface area (Å²) in [7, 11) is -0.742. The van der Waals surface area contributed by atoms with Gasteiger partial charge in [-0.05, 0) is 20.6 Å². The van der Waals surface area contributed by atoms with Gasteiger partial charge in [0.1, 0.15) is 0 Å². The standard InChI is InChI=1S/C14H25N3Si.2C7H19Si2.Y/c1-17(2)12-11-15-14(16-18(3,4)5)13-9-7-6-8-10-13;2*1-8(2,3)7-9(4,5)6;/h6-10,14H,11-12H2,1-5H3;2*7H,1-6H3;/q-2;2*-1;. The number of likely N-dealkylation sites (N-methyl/N-ethyl adjacent to an activating group) is 1. The van der Waals surface area contributed by atoms with Crippen LogP contribution in [0.1, 0.15) is 11.7 Å². The summed E-state index contributed by atoms with van der Waals surface area (Å²) in [6.07, 6.45) is 0.0119. The molecule has 217 valence electrons. The fraction of sp³-hybridized carbons (Fsp3) is 0.714. The molecule has 0 spiro atoms. The third-order valence-electron chi connectivity index (χ3n) is 4.19. The molecule has 3 nitrogen and oxygen atoms in total. The molecule has 1 atom stereocenters. The summed E-state index contributed by atoms with van der Waals surface area (Å²) in [6.45, 7) is 37.5. The average molecular weight is 671 g/mol. The molecular weight excluding hydrogens is 608 g/mol. The van der Waals surface area contributed by atoms with E-state index in [4.69, 9.17) is 10.3 Å². The fourth-order valence-corrected chi connectivity index (χ4v) is 25.9. The molecule has 0 amide bonds. The second-order valence-corrected chi connectivity index (χ2v) is 41.4. The van der Waals surface area contributed by atoms with E-state index in [0.717, 1.165) is 13.1 Å². The zero-order valence-electron chi connectivity index (χ0n) is 28.0. The van der Waals surface area contributed by atoms with Gasteiger partial charge in [-0.3, -0.25) is 0 Å². The van der Waals surface area contributed by atoms with Crippen molar-refractivity contribution in [1.82, 2.24) is 4.90 Å². The second kappa shape index (κ2) is 18.7. The first-order valence-electron chi connectivity index (χ1n) is 13.6. The molecule has 1 aromatic rings. The molecule has 0 saturated heterocycles. The van der Waals surface area contributed by atoms with Gasteiger partial charge in [-0.1, -0.05) is 142 Å². The molecule has 1 unspecified atom stereocenters. The summed E-state index contributed by atoms with van der Waals surface area (Å²) in [6, 6.07) is 10.4. The molecule has 0 aliphatic heterocycles. The number of hydrogen-bond donors (Lipinski definition) is 0. The van der Waals surface area contributed by atoms with Crippen LogP contribution in [0, 0.1) is 11.3 Å². The van der Waals surface area contributed by atoms with Crippen LogP contribution in [0.25, 0.3) is 10.3 Å². The predicted molar refractivity (Wildman–Crippen MR) is 185 cm³/mol. The van der Waals surface area contributed by atoms with Gasteiger partial charge in [0.05, 0.1) is 0 Å². The van der Waals surface area contributed by atoms with Crippen molar-refractivity contribution >= 4 is 40.5 Å². The summed E-state index contributed by atoms with van der Waals surface area (Å²) < 4.78 is 0. The van der Waals surface area contributed by atoms with E-state index in [-0.39, 0.29) is 38.9 Å². The smallest absolute Gasteiger partial charge is 0 e. The van der Waals surface area contributed by atoms with Crippen LogP contribution in [0.5, 0.6) is 0 Å². The molecule has 1 aromatic carbocycles. The molecular formula is C28H63N3Si5Y-4. The molecule has 9 heteroatoms. The van der Waals surface area contributed by atoms with Gasteiger partial charge in [0, 0.05) is 32.7 Å². The first-order chi connectivity index (χ1) is 15.8. The fourth-order valence-electron chi connectivity index (χ4n) is 4.19. The Morgan fingerprint density at radius 1 is 0.649 bits per heavy atom. The van der Waals surface area contributed by atoms with Crippen molar-refractivity contribution in [3.8, 4) is 0 Å². The summed E-state index contributed by atoms with van der Waals surface area (Å²) in [5.74, 6) is 0. The van der Waals surface area contributed by atoms with Gasteiger partial charge < -0.3 is 26.5 Å². The Bertz CT molecular complexity index is 633. The molecule has 0 heterocycles. The van der Waals surface area contributed by atoms with Gasteiger partial charge in [0.2, 0.25) is 0 Å². The Labute approximate surface area is 265 Å². The van der Waals surface area contributed by atoms with E-state index in [1.165, 1.54) is 5.56 Å². The summed E-state index contributed by atoms with van der Waals surface area (Å²) >= 11 is 0. The Morgan fingerprint density at radius 2 is 1.00 bits per heavy atom. The molecule has 0 N–H and O–H groups in total. The van der Waals surface area contributed by atoms with Crippen molar-refractivity contribution in [1.29, 1.82) is 0 Å². The minimum Gasteiger partial charge on any atom is -0.677 e. The van der Waals surface area contributed by atoms with E-state index in [1.807, 2.05) is 6.07 Å². The van der Waals surface area contributed by atoms with Crippen molar-refractivity contribution in [2.24, 2.45) is 0 Å². The van der Waals surface area contributed by atoms with Crippen molar-refractivity contribution in [2.45, 2.75) is 104 Å². The van der Waals surface area contributed by atoms with E-state index < -0.39 is 40.5 Å². The molecule has 0 aliphatic rings. The predicted octanol–water partition coefficient (Wildman–Crippen LogP) is 9.72. The molecule has 0 aliphatic carbocycles. The quantitative estimate of drug-likeness (QED) is 0.170. The van der Waals surface area contributed by atoms with E-state index in [9.17, 15) is 0 Å². The molecule has 37 heavy (non-hydrogen) atoms. The van der Waals surface area contributed by atoms with Gasteiger partial charge in [-0.15, -0.1) is 38.8 Å². The van der Waals surface area contributed by atoms with Crippen LogP contribution in [0.3, 0.4) is 0 Å². The Kier molecular flexibility index (Phi) is 21.6. The van der Waals surface area contributed by atoms with Gasteiger partial charge in [0.25, 0.3) is 0 Å². The Hall–Kier alpha value is 1.29. The normalized spacial score (nSPS) is 13.6. The zero-order chi connectivity index (χ0) is 29.0. The topological polar surface area (TPSA) is 31.4 Å². The summed E-state index contributed by atoms with van der Waals surface area (Å²) in [5.41, 5.74) is 6.51. The number of rotatable bonds is 11. The maximum atomic E-state index is 4.93. The number of nitrogens with zero attached hydrogens (tertiary/aromatic N) is 3. The zero-order valence-corrected chi connectivity index (χ0v) is 35.8. The third-order valence-corrected chi connectivity index (χ3v) is 19.1. The Balaban J connectivity index is -0.000000516. The van der Waals surface area contributed by atoms with Crippen molar-refractivity contribution in [3.05, 3.63) is 57.5 Å². The van der Waals surface area contributed by atoms with Crippen LogP contribution in [0.2, 0.25) is 98.2 Å². The largest absolute Gasteiger partial charge is 0.677 e. The minimum absolute atomic E-state index is 0. The van der Waals surface area contributed by atoms with Gasteiger partial charge in [-0.2, -0.15) is 0 Å². The molecule has 0 saturated carbocycles. The summed E-state index contributed by atoms with van der Waals surface area (Å²) in [4.78, 5) is 7.08. The van der Waals surface area contributed by atoms with E-state index >= 15 is 0 Å². The monoisotopic (exact) mass is 670 g/mol. The third kappa shape index (κ3) is 35.3. The second-order valence-electron chi connectivity index (χ2n) is 15.5. The maximum absolute atomic E-state index is 4.93. The van der Waals surface area contributed by atoms with Crippen LogP contribution in [0.15, 0.2) is 30.3 Å². The van der Waals surface area contributed by atoms with Crippen LogP contribution in [-0.4, -0.2) is 72.6 Å². The van der Waals surface area contributed by atoms with E-state index in [1.54, 1.807) is 0 Å². The van der Waals surface area contributed by atoms with Gasteiger partial charge in [0.15, 0.2) is 0 Å². The molecule has 0 bridgehead atoms. The van der Waals surface area contributed by atoms with Gasteiger partial charge in [-0.25, -0.2) is 6.17 Å². The van der Waals surface area contributed by atoms with Gasteiger partial charge >= 0.3 is 0 Å². The average Bonchev–Trinajstić information content (AvgIpc) is 2.55. The first kappa shape index (κ1) is 42.8. The number of benzene rings is 1. The summed E-state index contributed by atoms with van der Waals surface area (Å²) in [5, 5.41) is 4.75. The first-order valence-corrected chi connectivity index (χ1v) is 31.4. The van der Waals surface area contributed by atoms with Crippen LogP contribution < -0.4 is 0 Å². The molecule has 1 rings (SSSR count). The molecule has 1 radical (unpaired) electrons. The van der Waals surface area contributed by atoms with Crippen molar-refractivity contribution in [2.75, 3.05) is 27.2 Å². The Morgan fingerprint density at radius 3 is 1.24 bits per heavy atom.